The number of aliphatic hydroxyl groups is 1. The molecule has 0 aliphatic rings. The minimum atomic E-state index is -1.62. The molecule has 1 heterocycles. The van der Waals surface area contributed by atoms with Gasteiger partial charge in [0, 0.05) is 25.7 Å². The molecule has 20 heavy (non-hydrogen) atoms. The van der Waals surface area contributed by atoms with Gasteiger partial charge in [-0.2, -0.15) is 0 Å². The molecule has 0 bridgehead atoms. The first-order chi connectivity index (χ1) is 9.43. The fourth-order valence-corrected chi connectivity index (χ4v) is 1.90. The van der Waals surface area contributed by atoms with Crippen LogP contribution in [-0.2, 0) is 5.60 Å². The van der Waals surface area contributed by atoms with E-state index in [1.807, 2.05) is 14.1 Å². The monoisotopic (exact) mass is 275 g/mol. The lowest BCUT2D eigenvalue weighted by Crippen LogP contribution is -2.25. The second-order valence-corrected chi connectivity index (χ2v) is 4.72. The molecule has 0 saturated carbocycles. The van der Waals surface area contributed by atoms with Crippen molar-refractivity contribution < 1.29 is 19.7 Å². The molecule has 0 radical (unpaired) electrons. The number of hydrogen-bond donors (Lipinski definition) is 3. The first-order valence-corrected chi connectivity index (χ1v) is 6.08. The number of phenolic OH excluding ortho intramolecular Hbond substituents is 2. The molecule has 106 valence electrons. The van der Waals surface area contributed by atoms with Crippen LogP contribution in [0.25, 0.3) is 0 Å². The third kappa shape index (κ3) is 2.62. The summed E-state index contributed by atoms with van der Waals surface area (Å²) in [6, 6.07) is 7.29. The predicted octanol–water partition coefficient (Wildman–Crippen LogP) is 2.00. The van der Waals surface area contributed by atoms with Crippen LogP contribution in [0.5, 0.6) is 11.5 Å². The second kappa shape index (κ2) is 5.30. The Morgan fingerprint density at radius 1 is 1.20 bits per heavy atom. The predicted molar refractivity (Wildman–Crippen MR) is 74.3 cm³/mol. The molecular weight excluding hydrogens is 258 g/mol. The normalized spacial score (nSPS) is 14.3. The molecular formula is C15H17NO4. The van der Waals surface area contributed by atoms with Gasteiger partial charge in [0.15, 0.2) is 5.60 Å². The molecule has 0 fully saturated rings. The molecule has 0 aliphatic carbocycles. The maximum atomic E-state index is 10.9. The van der Waals surface area contributed by atoms with Gasteiger partial charge < -0.3 is 24.6 Å². The zero-order valence-electron chi connectivity index (χ0n) is 11.3. The number of phenols is 2. The lowest BCUT2D eigenvalue weighted by atomic mass is 9.90. The number of rotatable bonds is 4. The summed E-state index contributed by atoms with van der Waals surface area (Å²) >= 11 is 0. The molecule has 1 unspecified atom stereocenters. The van der Waals surface area contributed by atoms with Crippen molar-refractivity contribution in [3.05, 3.63) is 60.2 Å². The van der Waals surface area contributed by atoms with Crippen molar-refractivity contribution in [2.45, 2.75) is 5.60 Å². The molecule has 1 aromatic carbocycles. The van der Waals surface area contributed by atoms with Gasteiger partial charge in [-0.25, -0.2) is 0 Å². The molecule has 3 N–H and O–H groups in total. The van der Waals surface area contributed by atoms with Crippen molar-refractivity contribution in [1.82, 2.24) is 4.90 Å². The molecule has 1 aromatic heterocycles. The highest BCUT2D eigenvalue weighted by Crippen LogP contribution is 2.38. The van der Waals surface area contributed by atoms with Crippen LogP contribution in [0.2, 0.25) is 0 Å². The van der Waals surface area contributed by atoms with Crippen molar-refractivity contribution in [1.29, 1.82) is 0 Å². The quantitative estimate of drug-likeness (QED) is 0.795. The first-order valence-electron chi connectivity index (χ1n) is 6.08. The molecule has 0 aliphatic heterocycles. The maximum Gasteiger partial charge on any atom is 0.171 e. The Hall–Kier alpha value is -2.40. The number of nitrogens with zero attached hydrogens (tertiary/aromatic N) is 1. The summed E-state index contributed by atoms with van der Waals surface area (Å²) in [5, 5.41) is 30.3. The van der Waals surface area contributed by atoms with Gasteiger partial charge in [-0.3, -0.25) is 0 Å². The maximum absolute atomic E-state index is 10.9. The molecule has 5 nitrogen and oxygen atoms in total. The van der Waals surface area contributed by atoms with Gasteiger partial charge in [0.2, 0.25) is 0 Å². The number of benzene rings is 1. The minimum absolute atomic E-state index is 0.0790. The molecule has 0 saturated heterocycles. The molecule has 1 atom stereocenters. The Labute approximate surface area is 117 Å². The second-order valence-electron chi connectivity index (χ2n) is 4.72. The van der Waals surface area contributed by atoms with E-state index in [-0.39, 0.29) is 22.8 Å². The molecule has 0 amide bonds. The van der Waals surface area contributed by atoms with Crippen molar-refractivity contribution in [3.8, 4) is 11.5 Å². The largest absolute Gasteiger partial charge is 0.508 e. The number of furan rings is 1. The van der Waals surface area contributed by atoms with Crippen LogP contribution in [0.1, 0.15) is 11.3 Å². The van der Waals surface area contributed by atoms with E-state index in [0.717, 1.165) is 0 Å². The average Bonchev–Trinajstić information content (AvgIpc) is 2.90. The van der Waals surface area contributed by atoms with Crippen molar-refractivity contribution >= 4 is 0 Å². The van der Waals surface area contributed by atoms with Crippen molar-refractivity contribution in [2.75, 3.05) is 14.1 Å². The van der Waals surface area contributed by atoms with Crippen LogP contribution in [0.15, 0.2) is 53.3 Å². The third-order valence-electron chi connectivity index (χ3n) is 2.90. The first kappa shape index (κ1) is 14.0. The minimum Gasteiger partial charge on any atom is -0.508 e. The standard InChI is InChI=1S/C15H17NO4/c1-16(2)8-7-15(19,14-4-3-9-20-14)12-6-5-11(17)10-13(12)18/h3-10,17-19H,1-2H3/b8-7+. The van der Waals surface area contributed by atoms with Crippen LogP contribution in [0, 0.1) is 0 Å². The number of hydrogen-bond acceptors (Lipinski definition) is 5. The highest BCUT2D eigenvalue weighted by atomic mass is 16.4. The fourth-order valence-electron chi connectivity index (χ4n) is 1.90. The zero-order valence-corrected chi connectivity index (χ0v) is 11.3. The van der Waals surface area contributed by atoms with Crippen molar-refractivity contribution in [3.63, 3.8) is 0 Å². The Kier molecular flexibility index (Phi) is 3.72. The number of aromatic hydroxyl groups is 2. The van der Waals surface area contributed by atoms with E-state index in [1.165, 1.54) is 30.5 Å². The fraction of sp³-hybridized carbons (Fsp3) is 0.200. The zero-order chi connectivity index (χ0) is 14.8. The van der Waals surface area contributed by atoms with Gasteiger partial charge in [0.05, 0.1) is 6.26 Å². The SMILES string of the molecule is CN(C)/C=C/C(O)(c1ccco1)c1ccc(O)cc1O. The summed E-state index contributed by atoms with van der Waals surface area (Å²) in [5.74, 6) is -0.0199. The van der Waals surface area contributed by atoms with Crippen LogP contribution in [0.4, 0.5) is 0 Å². The van der Waals surface area contributed by atoms with Crippen LogP contribution in [-0.4, -0.2) is 34.3 Å². The topological polar surface area (TPSA) is 77.1 Å². The van der Waals surface area contributed by atoms with E-state index in [9.17, 15) is 15.3 Å². The van der Waals surface area contributed by atoms with Gasteiger partial charge in [0.1, 0.15) is 17.3 Å². The molecule has 2 aromatic rings. The molecule has 0 spiro atoms. The van der Waals surface area contributed by atoms with E-state index >= 15 is 0 Å². The lowest BCUT2D eigenvalue weighted by molar-refractivity contribution is 0.103. The summed E-state index contributed by atoms with van der Waals surface area (Å²) in [6.07, 6.45) is 4.62. The Morgan fingerprint density at radius 2 is 1.95 bits per heavy atom. The third-order valence-corrected chi connectivity index (χ3v) is 2.90. The average molecular weight is 275 g/mol. The summed E-state index contributed by atoms with van der Waals surface area (Å²) in [6.45, 7) is 0. The van der Waals surface area contributed by atoms with Gasteiger partial charge in [-0.05, 0) is 36.5 Å². The smallest absolute Gasteiger partial charge is 0.171 e. The Morgan fingerprint density at radius 3 is 2.50 bits per heavy atom. The highest BCUT2D eigenvalue weighted by molar-refractivity contribution is 5.48. The van der Waals surface area contributed by atoms with Gasteiger partial charge in [0.25, 0.3) is 0 Å². The summed E-state index contributed by atoms with van der Waals surface area (Å²) in [4.78, 5) is 1.76. The van der Waals surface area contributed by atoms with Gasteiger partial charge in [-0.1, -0.05) is 0 Å². The highest BCUT2D eigenvalue weighted by Gasteiger charge is 2.34. The van der Waals surface area contributed by atoms with Gasteiger partial charge >= 0.3 is 0 Å². The van der Waals surface area contributed by atoms with E-state index in [2.05, 4.69) is 0 Å². The van der Waals surface area contributed by atoms with Crippen LogP contribution >= 0.6 is 0 Å². The van der Waals surface area contributed by atoms with E-state index in [1.54, 1.807) is 23.2 Å². The summed E-state index contributed by atoms with van der Waals surface area (Å²) in [7, 11) is 3.63. The summed E-state index contributed by atoms with van der Waals surface area (Å²) < 4.78 is 5.28. The van der Waals surface area contributed by atoms with Crippen LogP contribution < -0.4 is 0 Å². The van der Waals surface area contributed by atoms with Crippen molar-refractivity contribution in [2.24, 2.45) is 0 Å². The Bertz CT molecular complexity index is 604. The van der Waals surface area contributed by atoms with E-state index in [0.29, 0.717) is 0 Å². The van der Waals surface area contributed by atoms with E-state index in [4.69, 9.17) is 4.42 Å². The van der Waals surface area contributed by atoms with Gasteiger partial charge in [-0.15, -0.1) is 0 Å². The molecule has 2 rings (SSSR count). The lowest BCUT2D eigenvalue weighted by Gasteiger charge is -2.24. The van der Waals surface area contributed by atoms with E-state index < -0.39 is 5.60 Å². The Balaban J connectivity index is 2.57. The summed E-state index contributed by atoms with van der Waals surface area (Å²) in [5.41, 5.74) is -1.39. The molecule has 5 heteroatoms. The van der Waals surface area contributed by atoms with Crippen LogP contribution in [0.3, 0.4) is 0 Å².